The molecule has 0 amide bonds. The zero-order valence-electron chi connectivity index (χ0n) is 19.2. The Morgan fingerprint density at radius 3 is 2.42 bits per heavy atom. The minimum atomic E-state index is -0.146. The molecule has 9 heteroatoms. The number of para-hydroxylation sites is 1. The van der Waals surface area contributed by atoms with Crippen molar-refractivity contribution < 1.29 is 26.5 Å². The Bertz CT molecular complexity index is 1380. The average Bonchev–Trinajstić information content (AvgIpc) is 3.32. The van der Waals surface area contributed by atoms with Crippen molar-refractivity contribution in [2.24, 2.45) is 12.0 Å². The second-order valence-electron chi connectivity index (χ2n) is 7.24. The smallest absolute Gasteiger partial charge is 0.297 e. The van der Waals surface area contributed by atoms with E-state index in [1.807, 2.05) is 72.6 Å². The lowest BCUT2D eigenvalue weighted by Crippen LogP contribution is -3.00. The molecule has 0 radical (unpaired) electrons. The fourth-order valence-electron chi connectivity index (χ4n) is 3.73. The second kappa shape index (κ2) is 10.3. The van der Waals surface area contributed by atoms with Gasteiger partial charge in [-0.2, -0.15) is 0 Å². The van der Waals surface area contributed by atoms with Crippen LogP contribution in [0.25, 0.3) is 16.9 Å². The standard InChI is InChI=1S/C24H26N4O3S.BrH/c1-6-27-20(19-14-18(30-4)12-13-21(19)31-5)15-32-24(27)25-22-16(2)26(3)28(23(22)29)17-10-8-7-9-11-17;/h7-15H,6H2,1-5H3;1H/p-1. The van der Waals surface area contributed by atoms with Gasteiger partial charge < -0.3 is 31.0 Å². The van der Waals surface area contributed by atoms with E-state index in [9.17, 15) is 4.79 Å². The minimum absolute atomic E-state index is 0. The molecule has 0 aliphatic carbocycles. The summed E-state index contributed by atoms with van der Waals surface area (Å²) in [5.74, 6) is 1.50. The highest BCUT2D eigenvalue weighted by molar-refractivity contribution is 7.07. The van der Waals surface area contributed by atoms with Gasteiger partial charge in [0.1, 0.15) is 11.5 Å². The van der Waals surface area contributed by atoms with Gasteiger partial charge in [-0.05, 0) is 44.2 Å². The summed E-state index contributed by atoms with van der Waals surface area (Å²) in [7, 11) is 5.17. The molecule has 4 rings (SSSR count). The van der Waals surface area contributed by atoms with Gasteiger partial charge >= 0.3 is 0 Å². The molecule has 0 N–H and O–H groups in total. The van der Waals surface area contributed by atoms with Crippen molar-refractivity contribution in [3.63, 3.8) is 0 Å². The van der Waals surface area contributed by atoms with Crippen molar-refractivity contribution in [3.8, 4) is 28.4 Å². The summed E-state index contributed by atoms with van der Waals surface area (Å²) in [6.07, 6.45) is 0. The number of aromatic nitrogens is 3. The highest BCUT2D eigenvalue weighted by atomic mass is 79.9. The first-order valence-electron chi connectivity index (χ1n) is 10.3. The third kappa shape index (κ3) is 4.43. The maximum absolute atomic E-state index is 13.3. The van der Waals surface area contributed by atoms with Gasteiger partial charge in [0.2, 0.25) is 0 Å². The van der Waals surface area contributed by atoms with Crippen LogP contribution in [0, 0.1) is 6.92 Å². The quantitative estimate of drug-likeness (QED) is 0.378. The number of rotatable bonds is 6. The molecular weight excluding hydrogens is 504 g/mol. The normalized spacial score (nSPS) is 11.4. The molecule has 0 aliphatic rings. The molecule has 2 aromatic carbocycles. The predicted octanol–water partition coefficient (Wildman–Crippen LogP) is 1.29. The Morgan fingerprint density at radius 2 is 1.79 bits per heavy atom. The van der Waals surface area contributed by atoms with Crippen LogP contribution in [0.1, 0.15) is 12.6 Å². The summed E-state index contributed by atoms with van der Waals surface area (Å²) >= 11 is 1.49. The van der Waals surface area contributed by atoms with Gasteiger partial charge in [-0.25, -0.2) is 9.67 Å². The maximum Gasteiger partial charge on any atom is 0.297 e. The van der Waals surface area contributed by atoms with Crippen LogP contribution in [-0.2, 0) is 13.6 Å². The molecule has 0 fully saturated rings. The molecule has 174 valence electrons. The Hall–Kier alpha value is -3.04. The highest BCUT2D eigenvalue weighted by Gasteiger charge is 2.17. The molecule has 0 aliphatic heterocycles. The van der Waals surface area contributed by atoms with Gasteiger partial charge in [-0.3, -0.25) is 9.48 Å². The van der Waals surface area contributed by atoms with E-state index in [0.29, 0.717) is 12.2 Å². The zero-order valence-corrected chi connectivity index (χ0v) is 21.6. The number of halogens is 1. The molecule has 0 bridgehead atoms. The van der Waals surface area contributed by atoms with Crippen LogP contribution in [0.15, 0.2) is 63.7 Å². The van der Waals surface area contributed by atoms with Crippen molar-refractivity contribution in [1.82, 2.24) is 13.9 Å². The van der Waals surface area contributed by atoms with Crippen LogP contribution in [-0.4, -0.2) is 28.2 Å². The minimum Gasteiger partial charge on any atom is -1.00 e. The first kappa shape index (κ1) is 24.6. The lowest BCUT2D eigenvalue weighted by atomic mass is 10.1. The van der Waals surface area contributed by atoms with Gasteiger partial charge in [0.15, 0.2) is 10.5 Å². The van der Waals surface area contributed by atoms with E-state index in [1.54, 1.807) is 18.9 Å². The number of benzene rings is 2. The third-order valence-electron chi connectivity index (χ3n) is 5.53. The summed E-state index contributed by atoms with van der Waals surface area (Å²) in [4.78, 5) is 18.8. The van der Waals surface area contributed by atoms with Crippen molar-refractivity contribution in [2.75, 3.05) is 14.2 Å². The molecule has 33 heavy (non-hydrogen) atoms. The fraction of sp³-hybridized carbons (Fsp3) is 0.250. The van der Waals surface area contributed by atoms with Gasteiger partial charge in [0.25, 0.3) is 5.56 Å². The third-order valence-corrected chi connectivity index (χ3v) is 6.39. The predicted molar refractivity (Wildman–Crippen MR) is 127 cm³/mol. The Balaban J connectivity index is 0.00000306. The van der Waals surface area contributed by atoms with Crippen LogP contribution >= 0.6 is 11.3 Å². The van der Waals surface area contributed by atoms with Crippen molar-refractivity contribution in [2.45, 2.75) is 20.4 Å². The molecule has 0 saturated carbocycles. The number of hydrogen-bond acceptors (Lipinski definition) is 5. The number of hydrogen-bond donors (Lipinski definition) is 0. The summed E-state index contributed by atoms with van der Waals surface area (Å²) in [6.45, 7) is 4.66. The highest BCUT2D eigenvalue weighted by Crippen LogP contribution is 2.33. The molecule has 0 saturated heterocycles. The first-order chi connectivity index (χ1) is 15.5. The second-order valence-corrected chi connectivity index (χ2v) is 8.07. The summed E-state index contributed by atoms with van der Waals surface area (Å²) in [5, 5.41) is 2.04. The van der Waals surface area contributed by atoms with E-state index >= 15 is 0 Å². The van der Waals surface area contributed by atoms with Crippen LogP contribution in [0.2, 0.25) is 0 Å². The van der Waals surface area contributed by atoms with Crippen LogP contribution in [0.4, 0.5) is 5.69 Å². The number of nitrogens with zero attached hydrogens (tertiary/aromatic N) is 4. The lowest BCUT2D eigenvalue weighted by molar-refractivity contribution is -0.00000726. The molecule has 4 aromatic rings. The fourth-order valence-corrected chi connectivity index (χ4v) is 4.70. The number of ether oxygens (including phenoxy) is 2. The van der Waals surface area contributed by atoms with Crippen LogP contribution in [0.5, 0.6) is 11.5 Å². The molecular formula is C24H26BrN4O3S-. The van der Waals surface area contributed by atoms with Crippen molar-refractivity contribution in [3.05, 3.63) is 74.8 Å². The molecule has 0 unspecified atom stereocenters. The Kier molecular flexibility index (Phi) is 7.65. The lowest BCUT2D eigenvalue weighted by Gasteiger charge is -2.12. The van der Waals surface area contributed by atoms with E-state index in [2.05, 4.69) is 11.5 Å². The molecule has 2 heterocycles. The van der Waals surface area contributed by atoms with Crippen molar-refractivity contribution >= 4 is 17.0 Å². The molecule has 2 aromatic heterocycles. The number of methoxy groups -OCH3 is 2. The van der Waals surface area contributed by atoms with Gasteiger partial charge in [-0.1, -0.05) is 18.2 Å². The number of thiazole rings is 1. The summed E-state index contributed by atoms with van der Waals surface area (Å²) in [6, 6.07) is 15.3. The van der Waals surface area contributed by atoms with E-state index < -0.39 is 0 Å². The zero-order chi connectivity index (χ0) is 22.8. The topological polar surface area (TPSA) is 62.7 Å². The summed E-state index contributed by atoms with van der Waals surface area (Å²) in [5.41, 5.74) is 3.77. The molecule has 7 nitrogen and oxygen atoms in total. The van der Waals surface area contributed by atoms with Gasteiger partial charge in [0.05, 0.1) is 31.3 Å². The first-order valence-corrected chi connectivity index (χ1v) is 11.2. The van der Waals surface area contributed by atoms with E-state index in [-0.39, 0.29) is 22.5 Å². The van der Waals surface area contributed by atoms with Crippen molar-refractivity contribution in [1.29, 1.82) is 0 Å². The average molecular weight is 530 g/mol. The largest absolute Gasteiger partial charge is 1.00 e. The maximum atomic E-state index is 13.3. The van der Waals surface area contributed by atoms with Gasteiger partial charge in [-0.15, -0.1) is 11.3 Å². The monoisotopic (exact) mass is 529 g/mol. The Morgan fingerprint density at radius 1 is 1.06 bits per heavy atom. The molecule has 0 spiro atoms. The van der Waals surface area contributed by atoms with Crippen LogP contribution in [0.3, 0.4) is 0 Å². The van der Waals surface area contributed by atoms with E-state index in [1.165, 1.54) is 11.3 Å². The summed E-state index contributed by atoms with van der Waals surface area (Å²) < 4.78 is 16.6. The van der Waals surface area contributed by atoms with E-state index in [4.69, 9.17) is 14.5 Å². The van der Waals surface area contributed by atoms with Crippen LogP contribution < -0.4 is 36.8 Å². The van der Waals surface area contributed by atoms with E-state index in [0.717, 1.165) is 38.9 Å². The Labute approximate surface area is 206 Å². The molecule has 0 atom stereocenters. The van der Waals surface area contributed by atoms with Gasteiger partial charge in [0, 0.05) is 24.5 Å². The SMILES string of the molecule is CCn1c(-c2cc(OC)ccc2OC)csc1=Nc1c(C)n(C)n(-c2ccccc2)c1=O.[Br-].